The highest BCUT2D eigenvalue weighted by Crippen LogP contribution is 2.20. The molecule has 1 aliphatic carbocycles. The van der Waals surface area contributed by atoms with E-state index in [1.807, 2.05) is 0 Å². The van der Waals surface area contributed by atoms with Crippen molar-refractivity contribution in [2.24, 2.45) is 5.92 Å². The molecule has 1 rings (SSSR count). The molecule has 0 amide bonds. The summed E-state index contributed by atoms with van der Waals surface area (Å²) in [5.41, 5.74) is 0. The van der Waals surface area contributed by atoms with E-state index >= 15 is 0 Å². The number of rotatable bonds is 1. The molecule has 0 fully saturated rings. The van der Waals surface area contributed by atoms with Gasteiger partial charge in [-0.05, 0) is 31.3 Å². The van der Waals surface area contributed by atoms with Crippen LogP contribution in [0, 0.1) is 5.92 Å². The van der Waals surface area contributed by atoms with Gasteiger partial charge >= 0.3 is 5.97 Å². The van der Waals surface area contributed by atoms with E-state index in [2.05, 4.69) is 6.92 Å². The number of hydrogen-bond donors (Lipinski definition) is 1. The lowest BCUT2D eigenvalue weighted by atomic mass is 9.93. The monoisotopic (exact) mass is 198 g/mol. The second-order valence-electron chi connectivity index (χ2n) is 4.02. The summed E-state index contributed by atoms with van der Waals surface area (Å²) in [6, 6.07) is 0. The van der Waals surface area contributed by atoms with Gasteiger partial charge in [-0.15, -0.1) is 0 Å². The standard InChI is InChI=1S/C11H18O3/c1-8-3-5-11(14-9(2)12)6-4-10(13)7-8/h4,6,8,10-11,13H,3,5,7H2,1-2H3/b6-4+. The van der Waals surface area contributed by atoms with E-state index < -0.39 is 6.10 Å². The lowest BCUT2D eigenvalue weighted by Gasteiger charge is -2.21. The fraction of sp³-hybridized carbons (Fsp3) is 0.727. The summed E-state index contributed by atoms with van der Waals surface area (Å²) in [5.74, 6) is 0.218. The Balaban J connectivity index is 2.55. The van der Waals surface area contributed by atoms with Crippen LogP contribution in [-0.4, -0.2) is 23.3 Å². The van der Waals surface area contributed by atoms with Gasteiger partial charge in [0.05, 0.1) is 6.10 Å². The highest BCUT2D eigenvalue weighted by molar-refractivity contribution is 5.66. The molecule has 80 valence electrons. The first-order valence-corrected chi connectivity index (χ1v) is 5.11. The minimum absolute atomic E-state index is 0.162. The molecule has 0 aromatic rings. The average molecular weight is 198 g/mol. The fourth-order valence-corrected chi connectivity index (χ4v) is 1.72. The number of carbonyl (C=O) groups is 1. The molecule has 1 N–H and O–H groups in total. The molecular formula is C11H18O3. The molecular weight excluding hydrogens is 180 g/mol. The summed E-state index contributed by atoms with van der Waals surface area (Å²) in [4.78, 5) is 10.8. The molecule has 0 aromatic carbocycles. The van der Waals surface area contributed by atoms with Crippen molar-refractivity contribution in [3.05, 3.63) is 12.2 Å². The first-order valence-electron chi connectivity index (χ1n) is 5.11. The van der Waals surface area contributed by atoms with Crippen LogP contribution in [0.25, 0.3) is 0 Å². The molecule has 3 atom stereocenters. The molecule has 0 saturated heterocycles. The minimum Gasteiger partial charge on any atom is -0.458 e. The maximum absolute atomic E-state index is 10.8. The van der Waals surface area contributed by atoms with Gasteiger partial charge in [-0.2, -0.15) is 0 Å². The lowest BCUT2D eigenvalue weighted by molar-refractivity contribution is -0.144. The van der Waals surface area contributed by atoms with Gasteiger partial charge in [0, 0.05) is 6.92 Å². The van der Waals surface area contributed by atoms with E-state index in [0.29, 0.717) is 5.92 Å². The van der Waals surface area contributed by atoms with E-state index in [9.17, 15) is 9.90 Å². The largest absolute Gasteiger partial charge is 0.458 e. The zero-order valence-corrected chi connectivity index (χ0v) is 8.77. The van der Waals surface area contributed by atoms with Crippen molar-refractivity contribution in [3.8, 4) is 0 Å². The molecule has 3 nitrogen and oxygen atoms in total. The summed E-state index contributed by atoms with van der Waals surface area (Å²) in [5, 5.41) is 9.51. The van der Waals surface area contributed by atoms with Gasteiger partial charge in [-0.25, -0.2) is 0 Å². The highest BCUT2D eigenvalue weighted by Gasteiger charge is 2.16. The SMILES string of the molecule is CC(=O)OC1/C=C/C(O)CC(C)CC1. The molecule has 1 aliphatic rings. The maximum atomic E-state index is 10.8. The van der Waals surface area contributed by atoms with E-state index in [1.165, 1.54) is 6.92 Å². The smallest absolute Gasteiger partial charge is 0.303 e. The Morgan fingerprint density at radius 3 is 2.79 bits per heavy atom. The van der Waals surface area contributed by atoms with Gasteiger partial charge in [0.15, 0.2) is 0 Å². The van der Waals surface area contributed by atoms with Crippen molar-refractivity contribution < 1.29 is 14.6 Å². The van der Waals surface area contributed by atoms with Gasteiger partial charge in [0.25, 0.3) is 0 Å². The predicted octanol–water partition coefficient (Wildman–Crippen LogP) is 1.66. The Labute approximate surface area is 84.8 Å². The number of carbonyl (C=O) groups excluding carboxylic acids is 1. The Hall–Kier alpha value is -0.830. The molecule has 14 heavy (non-hydrogen) atoms. The topological polar surface area (TPSA) is 46.5 Å². The van der Waals surface area contributed by atoms with Crippen molar-refractivity contribution in [1.29, 1.82) is 0 Å². The van der Waals surface area contributed by atoms with Crippen LogP contribution in [0.4, 0.5) is 0 Å². The average Bonchev–Trinajstić information content (AvgIpc) is 2.07. The van der Waals surface area contributed by atoms with Gasteiger partial charge in [0.1, 0.15) is 6.10 Å². The first kappa shape index (κ1) is 11.2. The second-order valence-corrected chi connectivity index (χ2v) is 4.02. The Morgan fingerprint density at radius 2 is 2.14 bits per heavy atom. The van der Waals surface area contributed by atoms with Crippen LogP contribution in [0.3, 0.4) is 0 Å². The van der Waals surface area contributed by atoms with Crippen molar-refractivity contribution in [3.63, 3.8) is 0 Å². The summed E-state index contributed by atoms with van der Waals surface area (Å²) < 4.78 is 5.09. The molecule has 0 saturated carbocycles. The van der Waals surface area contributed by atoms with Crippen molar-refractivity contribution in [2.45, 2.75) is 45.3 Å². The van der Waals surface area contributed by atoms with E-state index in [4.69, 9.17) is 4.74 Å². The molecule has 3 unspecified atom stereocenters. The Morgan fingerprint density at radius 1 is 1.43 bits per heavy atom. The third-order valence-electron chi connectivity index (χ3n) is 2.45. The van der Waals surface area contributed by atoms with Gasteiger partial charge in [-0.3, -0.25) is 4.79 Å². The quantitative estimate of drug-likeness (QED) is 0.515. The van der Waals surface area contributed by atoms with Crippen LogP contribution >= 0.6 is 0 Å². The molecule has 0 heterocycles. The number of hydrogen-bond acceptors (Lipinski definition) is 3. The lowest BCUT2D eigenvalue weighted by Crippen LogP contribution is -2.20. The van der Waals surface area contributed by atoms with Gasteiger partial charge < -0.3 is 9.84 Å². The summed E-state index contributed by atoms with van der Waals surface area (Å²) in [6.45, 7) is 3.51. The fourth-order valence-electron chi connectivity index (χ4n) is 1.72. The van der Waals surface area contributed by atoms with E-state index in [1.54, 1.807) is 12.2 Å². The summed E-state index contributed by atoms with van der Waals surface area (Å²) in [6.07, 6.45) is 5.58. The zero-order valence-electron chi connectivity index (χ0n) is 8.77. The first-order chi connectivity index (χ1) is 6.58. The van der Waals surface area contributed by atoms with E-state index in [0.717, 1.165) is 19.3 Å². The van der Waals surface area contributed by atoms with Crippen LogP contribution in [0.2, 0.25) is 0 Å². The van der Waals surface area contributed by atoms with Crippen molar-refractivity contribution in [2.75, 3.05) is 0 Å². The zero-order chi connectivity index (χ0) is 10.6. The predicted molar refractivity (Wildman–Crippen MR) is 53.7 cm³/mol. The molecule has 0 radical (unpaired) electrons. The molecule has 3 heteroatoms. The van der Waals surface area contributed by atoms with Crippen molar-refractivity contribution >= 4 is 5.97 Å². The van der Waals surface area contributed by atoms with Crippen molar-refractivity contribution in [1.82, 2.24) is 0 Å². The van der Waals surface area contributed by atoms with Gasteiger partial charge in [0.2, 0.25) is 0 Å². The number of ether oxygens (including phenoxy) is 1. The number of aliphatic hydroxyl groups is 1. The van der Waals surface area contributed by atoms with E-state index in [-0.39, 0.29) is 12.1 Å². The highest BCUT2D eigenvalue weighted by atomic mass is 16.5. The molecule has 0 aromatic heterocycles. The number of aliphatic hydroxyl groups excluding tert-OH is 1. The van der Waals surface area contributed by atoms with Crippen LogP contribution < -0.4 is 0 Å². The third kappa shape index (κ3) is 3.92. The van der Waals surface area contributed by atoms with Crippen LogP contribution in [0.1, 0.15) is 33.1 Å². The van der Waals surface area contributed by atoms with Crippen LogP contribution in [0.5, 0.6) is 0 Å². The second kappa shape index (κ2) is 5.15. The molecule has 0 bridgehead atoms. The third-order valence-corrected chi connectivity index (χ3v) is 2.45. The summed E-state index contributed by atoms with van der Waals surface area (Å²) in [7, 11) is 0. The molecule has 0 spiro atoms. The minimum atomic E-state index is -0.400. The van der Waals surface area contributed by atoms with Gasteiger partial charge in [-0.1, -0.05) is 13.0 Å². The maximum Gasteiger partial charge on any atom is 0.303 e. The normalized spacial score (nSPS) is 35.5. The van der Waals surface area contributed by atoms with Crippen LogP contribution in [-0.2, 0) is 9.53 Å². The Bertz CT molecular complexity index is 223. The number of esters is 1. The molecule has 0 aliphatic heterocycles. The Kier molecular flexibility index (Phi) is 4.14. The van der Waals surface area contributed by atoms with Crippen LogP contribution in [0.15, 0.2) is 12.2 Å². The summed E-state index contributed by atoms with van der Waals surface area (Å²) >= 11 is 0.